The Bertz CT molecular complexity index is 966. The fourth-order valence-electron chi connectivity index (χ4n) is 3.37. The van der Waals surface area contributed by atoms with Gasteiger partial charge >= 0.3 is 5.97 Å². The summed E-state index contributed by atoms with van der Waals surface area (Å²) < 4.78 is 7.02. The van der Waals surface area contributed by atoms with E-state index >= 15 is 0 Å². The Kier molecular flexibility index (Phi) is 5.44. The third-order valence-electron chi connectivity index (χ3n) is 4.86. The van der Waals surface area contributed by atoms with Crippen LogP contribution in [-0.2, 0) is 23.0 Å². The minimum absolute atomic E-state index is 0.0310. The molecule has 1 aliphatic carbocycles. The first-order chi connectivity index (χ1) is 12.9. The number of phenols is 1. The number of esters is 1. The lowest BCUT2D eigenvalue weighted by molar-refractivity contribution is -0.113. The van der Waals surface area contributed by atoms with Gasteiger partial charge in [-0.25, -0.2) is 9.78 Å². The van der Waals surface area contributed by atoms with Crippen LogP contribution in [0.1, 0.15) is 47.9 Å². The van der Waals surface area contributed by atoms with E-state index in [1.807, 2.05) is 30.7 Å². The number of ether oxygens (including phenoxy) is 1. The average molecular weight is 368 g/mol. The van der Waals surface area contributed by atoms with Crippen molar-refractivity contribution in [3.63, 3.8) is 0 Å². The largest absolute Gasteiger partial charge is 0.505 e. The number of imidazole rings is 1. The van der Waals surface area contributed by atoms with Gasteiger partial charge in [-0.15, -0.1) is 0 Å². The van der Waals surface area contributed by atoms with Crippen molar-refractivity contribution in [2.45, 2.75) is 39.5 Å². The van der Waals surface area contributed by atoms with Crippen LogP contribution >= 0.6 is 0 Å². The van der Waals surface area contributed by atoms with Gasteiger partial charge < -0.3 is 14.4 Å². The molecule has 6 heteroatoms. The molecule has 0 fully saturated rings. The smallest absolute Gasteiger partial charge is 0.338 e. The van der Waals surface area contributed by atoms with Gasteiger partial charge in [0.15, 0.2) is 5.78 Å². The lowest BCUT2D eigenvalue weighted by Gasteiger charge is -2.13. The molecule has 0 spiro atoms. The van der Waals surface area contributed by atoms with Crippen molar-refractivity contribution in [2.75, 3.05) is 6.61 Å². The second kappa shape index (κ2) is 7.78. The maximum absolute atomic E-state index is 12.5. The molecule has 0 saturated carbocycles. The highest BCUT2D eigenvalue weighted by atomic mass is 16.5. The van der Waals surface area contributed by atoms with E-state index < -0.39 is 5.97 Å². The van der Waals surface area contributed by atoms with Crippen LogP contribution in [0, 0.1) is 6.92 Å². The van der Waals surface area contributed by atoms with E-state index in [0.29, 0.717) is 47.8 Å². The van der Waals surface area contributed by atoms with Crippen LogP contribution in [0.2, 0.25) is 0 Å². The molecule has 0 unspecified atom stereocenters. The quantitative estimate of drug-likeness (QED) is 0.789. The van der Waals surface area contributed by atoms with E-state index in [2.05, 4.69) is 4.98 Å². The minimum atomic E-state index is -0.449. The van der Waals surface area contributed by atoms with Gasteiger partial charge in [0.2, 0.25) is 0 Å². The molecule has 1 aromatic carbocycles. The molecule has 0 aliphatic heterocycles. The first-order valence-corrected chi connectivity index (χ1v) is 9.17. The number of hydrogen-bond acceptors (Lipinski definition) is 5. The Labute approximate surface area is 158 Å². The van der Waals surface area contributed by atoms with Gasteiger partial charge in [-0.1, -0.05) is 12.2 Å². The number of aromatic nitrogens is 2. The number of carbonyl (C=O) groups excluding carboxylic acids is 2. The van der Waals surface area contributed by atoms with Crippen LogP contribution in [0.4, 0.5) is 0 Å². The van der Waals surface area contributed by atoms with Crippen molar-refractivity contribution < 1.29 is 19.4 Å². The predicted molar refractivity (Wildman–Crippen MR) is 103 cm³/mol. The third-order valence-corrected chi connectivity index (χ3v) is 4.86. The van der Waals surface area contributed by atoms with Crippen LogP contribution in [0.5, 0.6) is 5.75 Å². The summed E-state index contributed by atoms with van der Waals surface area (Å²) in [5.74, 6) is 0.440. The molecule has 142 valence electrons. The summed E-state index contributed by atoms with van der Waals surface area (Å²) in [4.78, 5) is 28.4. The Morgan fingerprint density at radius 2 is 2.15 bits per heavy atom. The molecule has 1 aliphatic rings. The lowest BCUT2D eigenvalue weighted by atomic mass is 9.96. The summed E-state index contributed by atoms with van der Waals surface area (Å²) in [6.45, 7) is 3.87. The highest BCUT2D eigenvalue weighted by Crippen LogP contribution is 2.33. The van der Waals surface area contributed by atoms with Crippen molar-refractivity contribution in [2.24, 2.45) is 7.05 Å². The number of aromatic hydroxyl groups is 1. The summed E-state index contributed by atoms with van der Waals surface area (Å²) in [6, 6.07) is 1.74. The number of rotatable bonds is 6. The molecule has 3 rings (SSSR count). The SMILES string of the molecule is CCOC(=O)c1cc2c(nc(C)n2C)c(O)c1CCCC1=CC(=O)CC=C1. The van der Waals surface area contributed by atoms with Crippen LogP contribution in [0.15, 0.2) is 29.9 Å². The fourth-order valence-corrected chi connectivity index (χ4v) is 3.37. The van der Waals surface area contributed by atoms with Crippen LogP contribution < -0.4 is 0 Å². The number of carbonyl (C=O) groups is 2. The molecular formula is C21H24N2O4. The van der Waals surface area contributed by atoms with E-state index in [1.54, 1.807) is 19.1 Å². The highest BCUT2D eigenvalue weighted by molar-refractivity contribution is 5.98. The van der Waals surface area contributed by atoms with E-state index in [1.165, 1.54) is 0 Å². The zero-order chi connectivity index (χ0) is 19.6. The Hall–Kier alpha value is -2.89. The zero-order valence-corrected chi connectivity index (χ0v) is 15.9. The fraction of sp³-hybridized carbons (Fsp3) is 0.381. The molecule has 27 heavy (non-hydrogen) atoms. The third kappa shape index (κ3) is 3.79. The first kappa shape index (κ1) is 18.9. The maximum Gasteiger partial charge on any atom is 0.338 e. The van der Waals surface area contributed by atoms with E-state index in [0.717, 1.165) is 11.4 Å². The molecule has 1 heterocycles. The molecule has 0 radical (unpaired) electrons. The molecule has 0 saturated heterocycles. The van der Waals surface area contributed by atoms with Crippen LogP contribution in [0.3, 0.4) is 0 Å². The monoisotopic (exact) mass is 368 g/mol. The van der Waals surface area contributed by atoms with Gasteiger partial charge in [-0.2, -0.15) is 0 Å². The summed E-state index contributed by atoms with van der Waals surface area (Å²) in [5, 5.41) is 10.8. The van der Waals surface area contributed by atoms with Crippen LogP contribution in [0.25, 0.3) is 11.0 Å². The summed E-state index contributed by atoms with van der Waals surface area (Å²) in [6.07, 6.45) is 7.82. The molecule has 0 bridgehead atoms. The van der Waals surface area contributed by atoms with Gasteiger partial charge in [0, 0.05) is 19.0 Å². The summed E-state index contributed by atoms with van der Waals surface area (Å²) >= 11 is 0. The highest BCUT2D eigenvalue weighted by Gasteiger charge is 2.22. The van der Waals surface area contributed by atoms with Gasteiger partial charge in [-0.3, -0.25) is 4.79 Å². The van der Waals surface area contributed by atoms with Crippen molar-refractivity contribution in [1.82, 2.24) is 9.55 Å². The minimum Gasteiger partial charge on any atom is -0.505 e. The lowest BCUT2D eigenvalue weighted by Crippen LogP contribution is -2.09. The number of hydrogen-bond donors (Lipinski definition) is 1. The van der Waals surface area contributed by atoms with Gasteiger partial charge in [0.25, 0.3) is 0 Å². The van der Waals surface area contributed by atoms with Gasteiger partial charge in [0.1, 0.15) is 17.1 Å². The van der Waals surface area contributed by atoms with Crippen molar-refractivity contribution in [3.05, 3.63) is 46.8 Å². The number of fused-ring (bicyclic) bond motifs is 1. The van der Waals surface area contributed by atoms with Gasteiger partial charge in [0.05, 0.1) is 17.7 Å². The summed E-state index contributed by atoms with van der Waals surface area (Å²) in [7, 11) is 1.84. The predicted octanol–water partition coefficient (Wildman–Crippen LogP) is 3.54. The standard InChI is InChI=1S/C21H24N2O4/c1-4-27-21(26)17-12-18-19(22-13(2)23(18)3)20(25)16(17)10-6-8-14-7-5-9-15(24)11-14/h5,7,11-12,25H,4,6,8-10H2,1-3H3. The van der Waals surface area contributed by atoms with Crippen molar-refractivity contribution in [3.8, 4) is 5.75 Å². The number of ketones is 1. The van der Waals surface area contributed by atoms with Crippen LogP contribution in [-0.4, -0.2) is 33.0 Å². The Morgan fingerprint density at radius 1 is 1.37 bits per heavy atom. The summed E-state index contributed by atoms with van der Waals surface area (Å²) in [5.41, 5.74) is 3.07. The van der Waals surface area contributed by atoms with Crippen molar-refractivity contribution in [1.29, 1.82) is 0 Å². The van der Waals surface area contributed by atoms with E-state index in [4.69, 9.17) is 4.74 Å². The number of phenolic OH excluding ortho intramolecular Hbond substituents is 1. The molecule has 0 amide bonds. The normalized spacial score (nSPS) is 13.9. The number of allylic oxidation sites excluding steroid dienone is 4. The van der Waals surface area contributed by atoms with E-state index in [9.17, 15) is 14.7 Å². The molecule has 2 aromatic rings. The Balaban J connectivity index is 1.93. The molecular weight excluding hydrogens is 344 g/mol. The first-order valence-electron chi connectivity index (χ1n) is 9.17. The average Bonchev–Trinajstić information content (AvgIpc) is 2.92. The van der Waals surface area contributed by atoms with Gasteiger partial charge in [-0.05, 0) is 50.8 Å². The van der Waals surface area contributed by atoms with E-state index in [-0.39, 0.29) is 18.1 Å². The topological polar surface area (TPSA) is 81.4 Å². The molecule has 1 aromatic heterocycles. The second-order valence-corrected chi connectivity index (χ2v) is 6.70. The van der Waals surface area contributed by atoms with Crippen molar-refractivity contribution >= 4 is 22.8 Å². The molecule has 0 atom stereocenters. The molecule has 1 N–H and O–H groups in total. The number of nitrogens with zero attached hydrogens (tertiary/aromatic N) is 2. The Morgan fingerprint density at radius 3 is 2.85 bits per heavy atom. The number of benzene rings is 1. The molecule has 6 nitrogen and oxygen atoms in total. The zero-order valence-electron chi connectivity index (χ0n) is 15.9. The second-order valence-electron chi connectivity index (χ2n) is 6.70. The maximum atomic E-state index is 12.5. The number of aryl methyl sites for hydroxylation is 2.